The Morgan fingerprint density at radius 3 is 2.80 bits per heavy atom. The van der Waals surface area contributed by atoms with Crippen molar-refractivity contribution in [2.24, 2.45) is 0 Å². The summed E-state index contributed by atoms with van der Waals surface area (Å²) in [6, 6.07) is 11.5. The first-order valence-corrected chi connectivity index (χ1v) is 12.3. The summed E-state index contributed by atoms with van der Waals surface area (Å²) in [5.74, 6) is 1.07. The number of thiocarbonyl (C=S) groups is 1. The van der Waals surface area contributed by atoms with Crippen LogP contribution in [0.5, 0.6) is 11.5 Å². The van der Waals surface area contributed by atoms with Gasteiger partial charge in [0, 0.05) is 4.90 Å². The molecule has 0 spiro atoms. The number of carbonyl (C=O) groups excluding carboxylic acids is 1. The molecule has 0 aliphatic carbocycles. The number of hydrogen-bond donors (Lipinski definition) is 0. The number of rotatable bonds is 8. The zero-order valence-electron chi connectivity index (χ0n) is 16.5. The van der Waals surface area contributed by atoms with Crippen LogP contribution in [0.3, 0.4) is 0 Å². The van der Waals surface area contributed by atoms with Crippen LogP contribution in [-0.4, -0.2) is 29.7 Å². The van der Waals surface area contributed by atoms with Crippen LogP contribution >= 0.6 is 51.7 Å². The fraction of sp³-hybridized carbons (Fsp3) is 0.182. The Morgan fingerprint density at radius 1 is 1.30 bits per heavy atom. The minimum atomic E-state index is -0.135. The molecular formula is C22H20BrNO3S3. The molecule has 1 amide bonds. The van der Waals surface area contributed by atoms with E-state index in [1.54, 1.807) is 22.7 Å². The molecule has 0 radical (unpaired) electrons. The fourth-order valence-corrected chi connectivity index (χ4v) is 5.13. The van der Waals surface area contributed by atoms with Gasteiger partial charge in [0.2, 0.25) is 0 Å². The van der Waals surface area contributed by atoms with Gasteiger partial charge in [0.15, 0.2) is 15.8 Å². The largest absolute Gasteiger partial charge is 0.490 e. The standard InChI is InChI=1S/C22H20BrNO3S3/c1-4-9-27-20-17(23)10-14(11-18(20)26-5-2)12-19-21(25)24(22(28)30-19)15-7-6-8-16(13-15)29-3/h4,6-8,10-13H,1,5,9H2,2-3H3/b19-12+. The molecule has 156 valence electrons. The lowest BCUT2D eigenvalue weighted by atomic mass is 10.1. The van der Waals surface area contributed by atoms with Crippen LogP contribution in [0.25, 0.3) is 6.08 Å². The molecule has 0 N–H and O–H groups in total. The molecule has 2 aromatic carbocycles. The van der Waals surface area contributed by atoms with Gasteiger partial charge in [-0.15, -0.1) is 11.8 Å². The highest BCUT2D eigenvalue weighted by Gasteiger charge is 2.33. The Kier molecular flexibility index (Phi) is 8.05. The normalized spacial score (nSPS) is 15.0. The molecule has 1 heterocycles. The second-order valence-electron chi connectivity index (χ2n) is 6.08. The summed E-state index contributed by atoms with van der Waals surface area (Å²) in [6.45, 7) is 6.45. The van der Waals surface area contributed by atoms with E-state index in [2.05, 4.69) is 22.5 Å². The summed E-state index contributed by atoms with van der Waals surface area (Å²) in [7, 11) is 0. The molecule has 0 unspecified atom stereocenters. The van der Waals surface area contributed by atoms with E-state index in [0.717, 1.165) is 20.6 Å². The van der Waals surface area contributed by atoms with Crippen LogP contribution in [-0.2, 0) is 4.79 Å². The van der Waals surface area contributed by atoms with Gasteiger partial charge in [0.05, 0.1) is 21.7 Å². The molecule has 3 rings (SSSR count). The highest BCUT2D eigenvalue weighted by atomic mass is 79.9. The van der Waals surface area contributed by atoms with Crippen LogP contribution < -0.4 is 14.4 Å². The first-order valence-electron chi connectivity index (χ1n) is 9.10. The van der Waals surface area contributed by atoms with Crippen molar-refractivity contribution in [1.29, 1.82) is 0 Å². The molecular weight excluding hydrogens is 502 g/mol. The van der Waals surface area contributed by atoms with Crippen LogP contribution in [0.15, 0.2) is 63.3 Å². The molecule has 0 aromatic heterocycles. The third kappa shape index (κ3) is 5.11. The van der Waals surface area contributed by atoms with Gasteiger partial charge >= 0.3 is 0 Å². The Bertz CT molecular complexity index is 1020. The smallest absolute Gasteiger partial charge is 0.270 e. The summed E-state index contributed by atoms with van der Waals surface area (Å²) in [5, 5.41) is 0. The van der Waals surface area contributed by atoms with Crippen molar-refractivity contribution in [1.82, 2.24) is 0 Å². The van der Waals surface area contributed by atoms with Gasteiger partial charge in [-0.1, -0.05) is 42.7 Å². The average molecular weight is 523 g/mol. The third-order valence-electron chi connectivity index (χ3n) is 4.08. The number of ether oxygens (including phenoxy) is 2. The summed E-state index contributed by atoms with van der Waals surface area (Å²) in [6.07, 6.45) is 5.50. The first kappa shape index (κ1) is 22.9. The topological polar surface area (TPSA) is 38.8 Å². The molecule has 2 aromatic rings. The third-order valence-corrected chi connectivity index (χ3v) is 6.70. The van der Waals surface area contributed by atoms with Crippen LogP contribution in [0.4, 0.5) is 5.69 Å². The summed E-state index contributed by atoms with van der Waals surface area (Å²) in [4.78, 5) is 16.3. The Labute approximate surface area is 198 Å². The van der Waals surface area contributed by atoms with Gasteiger partial charge < -0.3 is 9.47 Å². The number of anilines is 1. The number of carbonyl (C=O) groups is 1. The highest BCUT2D eigenvalue weighted by molar-refractivity contribution is 9.10. The summed E-state index contributed by atoms with van der Waals surface area (Å²) in [5.41, 5.74) is 1.59. The van der Waals surface area contributed by atoms with E-state index in [1.165, 1.54) is 11.8 Å². The Hall–Kier alpha value is -1.74. The molecule has 8 heteroatoms. The van der Waals surface area contributed by atoms with Gasteiger partial charge in [-0.3, -0.25) is 9.69 Å². The van der Waals surface area contributed by atoms with Crippen molar-refractivity contribution < 1.29 is 14.3 Å². The van der Waals surface area contributed by atoms with Crippen molar-refractivity contribution in [3.8, 4) is 11.5 Å². The lowest BCUT2D eigenvalue weighted by molar-refractivity contribution is -0.113. The average Bonchev–Trinajstić information content (AvgIpc) is 3.00. The van der Waals surface area contributed by atoms with Crippen molar-refractivity contribution in [3.05, 3.63) is 64.0 Å². The lowest BCUT2D eigenvalue weighted by Crippen LogP contribution is -2.27. The van der Waals surface area contributed by atoms with Crippen molar-refractivity contribution >= 4 is 73.7 Å². The Balaban J connectivity index is 1.94. The molecule has 1 fully saturated rings. The van der Waals surface area contributed by atoms with E-state index in [4.69, 9.17) is 21.7 Å². The lowest BCUT2D eigenvalue weighted by Gasteiger charge is -2.15. The van der Waals surface area contributed by atoms with Gasteiger partial charge in [-0.2, -0.15) is 0 Å². The molecule has 0 bridgehead atoms. The van der Waals surface area contributed by atoms with Crippen molar-refractivity contribution in [2.45, 2.75) is 11.8 Å². The van der Waals surface area contributed by atoms with Crippen LogP contribution in [0.1, 0.15) is 12.5 Å². The quantitative estimate of drug-likeness (QED) is 0.170. The van der Waals surface area contributed by atoms with E-state index < -0.39 is 0 Å². The van der Waals surface area contributed by atoms with Crippen LogP contribution in [0.2, 0.25) is 0 Å². The van der Waals surface area contributed by atoms with E-state index in [0.29, 0.717) is 33.9 Å². The molecule has 0 saturated carbocycles. The zero-order chi connectivity index (χ0) is 21.7. The molecule has 4 nitrogen and oxygen atoms in total. The van der Waals surface area contributed by atoms with Crippen molar-refractivity contribution in [2.75, 3.05) is 24.4 Å². The zero-order valence-corrected chi connectivity index (χ0v) is 20.6. The number of halogens is 1. The number of thioether (sulfide) groups is 2. The SMILES string of the molecule is C=CCOc1c(Br)cc(/C=C2/SC(=S)N(c3cccc(SC)c3)C2=O)cc1OCC. The molecule has 1 saturated heterocycles. The number of benzene rings is 2. The number of amides is 1. The minimum Gasteiger partial charge on any atom is -0.490 e. The number of hydrogen-bond acceptors (Lipinski definition) is 6. The van der Waals surface area contributed by atoms with E-state index in [-0.39, 0.29) is 5.91 Å². The predicted octanol–water partition coefficient (Wildman–Crippen LogP) is 6.54. The second-order valence-corrected chi connectivity index (χ2v) is 9.49. The fourth-order valence-electron chi connectivity index (χ4n) is 2.81. The van der Waals surface area contributed by atoms with Gasteiger partial charge in [0.25, 0.3) is 5.91 Å². The molecule has 0 atom stereocenters. The highest BCUT2D eigenvalue weighted by Crippen LogP contribution is 2.40. The molecule has 30 heavy (non-hydrogen) atoms. The maximum absolute atomic E-state index is 13.1. The van der Waals surface area contributed by atoms with Gasteiger partial charge in [-0.25, -0.2) is 0 Å². The predicted molar refractivity (Wildman–Crippen MR) is 135 cm³/mol. The van der Waals surface area contributed by atoms with Gasteiger partial charge in [0.1, 0.15) is 6.61 Å². The molecule has 1 aliphatic heterocycles. The summed E-state index contributed by atoms with van der Waals surface area (Å²) >= 11 is 11.9. The van der Waals surface area contributed by atoms with E-state index >= 15 is 0 Å². The van der Waals surface area contributed by atoms with Crippen LogP contribution in [0, 0.1) is 0 Å². The van der Waals surface area contributed by atoms with E-state index in [9.17, 15) is 4.79 Å². The first-order chi connectivity index (χ1) is 14.5. The van der Waals surface area contributed by atoms with Gasteiger partial charge in [-0.05, 0) is 71.1 Å². The van der Waals surface area contributed by atoms with E-state index in [1.807, 2.05) is 55.7 Å². The molecule has 1 aliphatic rings. The maximum Gasteiger partial charge on any atom is 0.270 e. The maximum atomic E-state index is 13.1. The second kappa shape index (κ2) is 10.5. The number of nitrogens with zero attached hydrogens (tertiary/aromatic N) is 1. The minimum absolute atomic E-state index is 0.135. The monoisotopic (exact) mass is 521 g/mol. The van der Waals surface area contributed by atoms with Crippen molar-refractivity contribution in [3.63, 3.8) is 0 Å². The Morgan fingerprint density at radius 2 is 2.10 bits per heavy atom. The summed E-state index contributed by atoms with van der Waals surface area (Å²) < 4.78 is 12.7.